The van der Waals surface area contributed by atoms with Gasteiger partial charge in [-0.25, -0.2) is 8.42 Å². The molecule has 3 heterocycles. The van der Waals surface area contributed by atoms with Crippen LogP contribution in [-0.4, -0.2) is 78.0 Å². The molecule has 128 valence electrons. The van der Waals surface area contributed by atoms with E-state index in [1.807, 2.05) is 29.2 Å². The van der Waals surface area contributed by atoms with Gasteiger partial charge in [0.25, 0.3) is 5.91 Å². The Balaban J connectivity index is 1.43. The Bertz CT molecular complexity index is 868. The average molecular weight is 348 g/mol. The van der Waals surface area contributed by atoms with Gasteiger partial charge in [0.1, 0.15) is 0 Å². The molecule has 7 nitrogen and oxygen atoms in total. The topological polar surface area (TPSA) is 86.4 Å². The summed E-state index contributed by atoms with van der Waals surface area (Å²) in [4.78, 5) is 16.7. The molecule has 2 fully saturated rings. The first-order valence-electron chi connectivity index (χ1n) is 8.20. The second kappa shape index (κ2) is 5.86. The van der Waals surface area contributed by atoms with Gasteiger partial charge in [-0.15, -0.1) is 0 Å². The van der Waals surface area contributed by atoms with Gasteiger partial charge in [-0.3, -0.25) is 14.8 Å². The highest BCUT2D eigenvalue weighted by Crippen LogP contribution is 2.21. The van der Waals surface area contributed by atoms with Crippen LogP contribution in [0.2, 0.25) is 0 Å². The maximum absolute atomic E-state index is 12.7. The van der Waals surface area contributed by atoms with Gasteiger partial charge in [0.15, 0.2) is 15.5 Å². The van der Waals surface area contributed by atoms with Crippen LogP contribution in [0, 0.1) is 0 Å². The number of H-pyrrole nitrogens is 1. The summed E-state index contributed by atoms with van der Waals surface area (Å²) >= 11 is 0. The number of sulfone groups is 1. The maximum atomic E-state index is 12.7. The van der Waals surface area contributed by atoms with Crippen LogP contribution >= 0.6 is 0 Å². The Morgan fingerprint density at radius 3 is 2.62 bits per heavy atom. The first-order chi connectivity index (χ1) is 11.5. The summed E-state index contributed by atoms with van der Waals surface area (Å²) in [5.41, 5.74) is 1.32. The van der Waals surface area contributed by atoms with Crippen molar-refractivity contribution in [2.24, 2.45) is 0 Å². The molecule has 2 saturated heterocycles. The van der Waals surface area contributed by atoms with E-state index >= 15 is 0 Å². The van der Waals surface area contributed by atoms with Gasteiger partial charge < -0.3 is 4.90 Å². The highest BCUT2D eigenvalue weighted by atomic mass is 32.2. The Kier molecular flexibility index (Phi) is 3.80. The van der Waals surface area contributed by atoms with Crippen molar-refractivity contribution in [2.75, 3.05) is 37.7 Å². The molecule has 0 saturated carbocycles. The molecule has 2 aliphatic heterocycles. The number of benzene rings is 1. The zero-order valence-electron chi connectivity index (χ0n) is 13.3. The van der Waals surface area contributed by atoms with Gasteiger partial charge in [-0.2, -0.15) is 5.10 Å². The zero-order chi connectivity index (χ0) is 16.7. The number of hydrogen-bond acceptors (Lipinski definition) is 5. The quantitative estimate of drug-likeness (QED) is 0.854. The van der Waals surface area contributed by atoms with Crippen molar-refractivity contribution in [3.05, 3.63) is 30.0 Å². The number of rotatable bonds is 2. The molecule has 1 amide bonds. The lowest BCUT2D eigenvalue weighted by atomic mass is 10.1. The molecule has 0 bridgehead atoms. The summed E-state index contributed by atoms with van der Waals surface area (Å²) in [6.45, 7) is 2.65. The van der Waals surface area contributed by atoms with Crippen molar-refractivity contribution in [3.63, 3.8) is 0 Å². The van der Waals surface area contributed by atoms with E-state index in [1.165, 1.54) is 0 Å². The van der Waals surface area contributed by atoms with Crippen LogP contribution in [-0.2, 0) is 9.84 Å². The maximum Gasteiger partial charge on any atom is 0.275 e. The molecule has 0 aliphatic carbocycles. The second-order valence-electron chi connectivity index (χ2n) is 6.50. The minimum atomic E-state index is -2.87. The first kappa shape index (κ1) is 15.6. The third-order valence-electron chi connectivity index (χ3n) is 5.00. The highest BCUT2D eigenvalue weighted by molar-refractivity contribution is 7.91. The molecule has 2 aliphatic rings. The lowest BCUT2D eigenvalue weighted by Gasteiger charge is -2.37. The summed E-state index contributed by atoms with van der Waals surface area (Å²) in [5, 5.41) is 7.91. The van der Waals surface area contributed by atoms with E-state index in [0.717, 1.165) is 10.9 Å². The fourth-order valence-corrected chi connectivity index (χ4v) is 5.39. The van der Waals surface area contributed by atoms with E-state index in [9.17, 15) is 13.2 Å². The summed E-state index contributed by atoms with van der Waals surface area (Å²) in [6, 6.07) is 7.71. The number of aromatic amines is 1. The molecule has 0 radical (unpaired) electrons. The van der Waals surface area contributed by atoms with Crippen molar-refractivity contribution in [2.45, 2.75) is 12.5 Å². The van der Waals surface area contributed by atoms with E-state index in [1.54, 1.807) is 0 Å². The first-order valence-corrected chi connectivity index (χ1v) is 10.0. The molecule has 1 aromatic carbocycles. The summed E-state index contributed by atoms with van der Waals surface area (Å²) in [6.07, 6.45) is 0.709. The van der Waals surface area contributed by atoms with Crippen molar-refractivity contribution in [1.29, 1.82) is 0 Å². The minimum absolute atomic E-state index is 0.0638. The molecular weight excluding hydrogens is 328 g/mol. The number of carbonyl (C=O) groups is 1. The van der Waals surface area contributed by atoms with E-state index in [2.05, 4.69) is 15.1 Å². The predicted octanol–water partition coefficient (Wildman–Crippen LogP) is 0.508. The summed E-state index contributed by atoms with van der Waals surface area (Å²) in [7, 11) is -2.87. The molecule has 0 spiro atoms. The Hall–Kier alpha value is -1.93. The van der Waals surface area contributed by atoms with Crippen molar-refractivity contribution in [3.8, 4) is 0 Å². The van der Waals surface area contributed by atoms with Crippen molar-refractivity contribution < 1.29 is 13.2 Å². The predicted molar refractivity (Wildman–Crippen MR) is 90.6 cm³/mol. The Morgan fingerprint density at radius 2 is 1.92 bits per heavy atom. The number of carbonyl (C=O) groups excluding carboxylic acids is 1. The largest absolute Gasteiger partial charge is 0.335 e. The van der Waals surface area contributed by atoms with Gasteiger partial charge in [0, 0.05) is 37.6 Å². The number of fused-ring (bicyclic) bond motifs is 1. The molecule has 1 N–H and O–H groups in total. The average Bonchev–Trinajstić information content (AvgIpc) is 3.17. The van der Waals surface area contributed by atoms with Crippen LogP contribution in [0.1, 0.15) is 16.9 Å². The molecule has 4 rings (SSSR count). The number of nitrogens with zero attached hydrogens (tertiary/aromatic N) is 3. The van der Waals surface area contributed by atoms with Crippen molar-refractivity contribution in [1.82, 2.24) is 20.0 Å². The van der Waals surface area contributed by atoms with E-state index in [-0.39, 0.29) is 23.5 Å². The number of amides is 1. The van der Waals surface area contributed by atoms with E-state index in [4.69, 9.17) is 0 Å². The van der Waals surface area contributed by atoms with Gasteiger partial charge in [0.2, 0.25) is 0 Å². The van der Waals surface area contributed by atoms with Crippen LogP contribution < -0.4 is 0 Å². The smallest absolute Gasteiger partial charge is 0.275 e. The van der Waals surface area contributed by atoms with Gasteiger partial charge in [-0.1, -0.05) is 18.2 Å². The van der Waals surface area contributed by atoms with Gasteiger partial charge in [-0.05, 0) is 12.5 Å². The lowest BCUT2D eigenvalue weighted by molar-refractivity contribution is 0.0584. The normalized spacial score (nSPS) is 24.5. The third-order valence-corrected chi connectivity index (χ3v) is 6.75. The zero-order valence-corrected chi connectivity index (χ0v) is 14.1. The number of hydrogen-bond donors (Lipinski definition) is 1. The number of nitrogens with one attached hydrogen (secondary N) is 1. The van der Waals surface area contributed by atoms with Crippen LogP contribution in [0.4, 0.5) is 0 Å². The van der Waals surface area contributed by atoms with E-state index in [0.29, 0.717) is 38.3 Å². The van der Waals surface area contributed by atoms with Gasteiger partial charge in [0.05, 0.1) is 17.0 Å². The van der Waals surface area contributed by atoms with Crippen LogP contribution in [0.25, 0.3) is 10.9 Å². The van der Waals surface area contributed by atoms with E-state index < -0.39 is 9.84 Å². The van der Waals surface area contributed by atoms with Crippen molar-refractivity contribution >= 4 is 26.6 Å². The fourth-order valence-electron chi connectivity index (χ4n) is 3.63. The molecule has 2 aromatic rings. The number of aromatic nitrogens is 2. The molecule has 24 heavy (non-hydrogen) atoms. The second-order valence-corrected chi connectivity index (χ2v) is 8.73. The van der Waals surface area contributed by atoms with Crippen LogP contribution in [0.15, 0.2) is 24.3 Å². The molecule has 1 atom stereocenters. The molecular formula is C16H20N4O3S. The molecule has 8 heteroatoms. The number of piperazine rings is 1. The minimum Gasteiger partial charge on any atom is -0.335 e. The molecule has 1 aromatic heterocycles. The standard InChI is InChI=1S/C16H20N4O3S/c21-16(15-13-3-1-2-4-14(13)17-18-15)20-8-6-19(7-9-20)12-5-10-24(22,23)11-12/h1-4,12H,5-11H2,(H,17,18). The summed E-state index contributed by atoms with van der Waals surface area (Å²) in [5.74, 6) is 0.479. The van der Waals surface area contributed by atoms with Crippen LogP contribution in [0.3, 0.4) is 0 Å². The lowest BCUT2D eigenvalue weighted by Crippen LogP contribution is -2.52. The fraction of sp³-hybridized carbons (Fsp3) is 0.500. The number of para-hydroxylation sites is 1. The summed E-state index contributed by atoms with van der Waals surface area (Å²) < 4.78 is 23.3. The third kappa shape index (κ3) is 2.80. The molecule has 1 unspecified atom stereocenters. The van der Waals surface area contributed by atoms with Gasteiger partial charge >= 0.3 is 0 Å². The van der Waals surface area contributed by atoms with Crippen LogP contribution in [0.5, 0.6) is 0 Å². The SMILES string of the molecule is O=C(c1n[nH]c2ccccc12)N1CCN(C2CCS(=O)(=O)C2)CC1. The Morgan fingerprint density at radius 1 is 1.17 bits per heavy atom. The monoisotopic (exact) mass is 348 g/mol. The Labute approximate surface area is 140 Å². The highest BCUT2D eigenvalue weighted by Gasteiger charge is 2.34.